The van der Waals surface area contributed by atoms with Crippen molar-refractivity contribution < 1.29 is 9.53 Å². The SMILES string of the molecule is CCOC(=O)c1sc(NC2CCCC(C)CC2)cc1N. The number of ether oxygens (including phenoxy) is 1. The van der Waals surface area contributed by atoms with Crippen molar-refractivity contribution in [1.29, 1.82) is 0 Å². The molecule has 0 bridgehead atoms. The highest BCUT2D eigenvalue weighted by atomic mass is 32.1. The molecule has 3 N–H and O–H groups in total. The second kappa shape index (κ2) is 6.97. The predicted octanol–water partition coefficient (Wildman–Crippen LogP) is 3.89. The molecule has 2 unspecified atom stereocenters. The van der Waals surface area contributed by atoms with Crippen molar-refractivity contribution >= 4 is 28.0 Å². The summed E-state index contributed by atoms with van der Waals surface area (Å²) in [5, 5.41) is 4.51. The summed E-state index contributed by atoms with van der Waals surface area (Å²) in [6, 6.07) is 2.35. The molecule has 1 aliphatic carbocycles. The fourth-order valence-electron chi connectivity index (χ4n) is 2.67. The first-order valence-corrected chi connectivity index (χ1v) is 8.24. The highest BCUT2D eigenvalue weighted by Gasteiger charge is 2.19. The molecule has 0 amide bonds. The molecule has 0 spiro atoms. The maximum atomic E-state index is 11.7. The highest BCUT2D eigenvalue weighted by Crippen LogP contribution is 2.32. The van der Waals surface area contributed by atoms with Gasteiger partial charge in [-0.05, 0) is 38.2 Å². The van der Waals surface area contributed by atoms with Crippen LogP contribution >= 0.6 is 11.3 Å². The van der Waals surface area contributed by atoms with E-state index < -0.39 is 0 Å². The summed E-state index contributed by atoms with van der Waals surface area (Å²) < 4.78 is 5.01. The number of nitrogen functional groups attached to an aromatic ring is 1. The third-order valence-electron chi connectivity index (χ3n) is 3.83. The summed E-state index contributed by atoms with van der Waals surface area (Å²) in [7, 11) is 0. The number of hydrogen-bond acceptors (Lipinski definition) is 5. The number of esters is 1. The van der Waals surface area contributed by atoms with E-state index >= 15 is 0 Å². The fraction of sp³-hybridized carbons (Fsp3) is 0.667. The summed E-state index contributed by atoms with van der Waals surface area (Å²) in [6.45, 7) is 4.50. The van der Waals surface area contributed by atoms with Gasteiger partial charge in [0, 0.05) is 6.04 Å². The molecule has 0 aliphatic heterocycles. The molecular formula is C15H24N2O2S. The van der Waals surface area contributed by atoms with Gasteiger partial charge < -0.3 is 15.8 Å². The van der Waals surface area contributed by atoms with E-state index in [-0.39, 0.29) is 5.97 Å². The van der Waals surface area contributed by atoms with Crippen LogP contribution in [0.5, 0.6) is 0 Å². The average molecular weight is 296 g/mol. The highest BCUT2D eigenvalue weighted by molar-refractivity contribution is 7.18. The van der Waals surface area contributed by atoms with Crippen LogP contribution in [-0.4, -0.2) is 18.6 Å². The van der Waals surface area contributed by atoms with E-state index in [9.17, 15) is 4.79 Å². The number of hydrogen-bond donors (Lipinski definition) is 2. The van der Waals surface area contributed by atoms with Crippen molar-refractivity contribution in [3.63, 3.8) is 0 Å². The Morgan fingerprint density at radius 2 is 2.25 bits per heavy atom. The molecule has 0 aromatic carbocycles. The van der Waals surface area contributed by atoms with E-state index in [1.54, 1.807) is 6.92 Å². The smallest absolute Gasteiger partial charge is 0.350 e. The molecule has 20 heavy (non-hydrogen) atoms. The normalized spacial score (nSPS) is 23.1. The molecule has 1 aromatic rings. The molecule has 0 radical (unpaired) electrons. The minimum Gasteiger partial charge on any atom is -0.462 e. The van der Waals surface area contributed by atoms with Crippen LogP contribution in [0.15, 0.2) is 6.07 Å². The van der Waals surface area contributed by atoms with Crippen LogP contribution in [0, 0.1) is 5.92 Å². The standard InChI is InChI=1S/C15H24N2O2S/c1-3-19-15(18)14-12(16)9-13(20-14)17-11-6-4-5-10(2)7-8-11/h9-11,17H,3-8,16H2,1-2H3. The van der Waals surface area contributed by atoms with Crippen LogP contribution in [0.2, 0.25) is 0 Å². The first-order chi connectivity index (χ1) is 9.60. The van der Waals surface area contributed by atoms with E-state index in [0.717, 1.165) is 10.9 Å². The minimum absolute atomic E-state index is 0.322. The lowest BCUT2D eigenvalue weighted by molar-refractivity contribution is 0.0533. The molecule has 112 valence electrons. The predicted molar refractivity (Wildman–Crippen MR) is 84.3 cm³/mol. The number of carbonyl (C=O) groups is 1. The van der Waals surface area contributed by atoms with Crippen molar-refractivity contribution in [3.8, 4) is 0 Å². The van der Waals surface area contributed by atoms with Gasteiger partial charge in [-0.2, -0.15) is 0 Å². The van der Waals surface area contributed by atoms with Crippen molar-refractivity contribution in [1.82, 2.24) is 0 Å². The Morgan fingerprint density at radius 1 is 1.45 bits per heavy atom. The lowest BCUT2D eigenvalue weighted by Gasteiger charge is -2.16. The maximum Gasteiger partial charge on any atom is 0.350 e. The first kappa shape index (κ1) is 15.2. The van der Waals surface area contributed by atoms with E-state index in [1.165, 1.54) is 43.4 Å². The van der Waals surface area contributed by atoms with E-state index in [1.807, 2.05) is 6.07 Å². The molecule has 1 fully saturated rings. The molecule has 4 nitrogen and oxygen atoms in total. The van der Waals surface area contributed by atoms with E-state index in [0.29, 0.717) is 23.2 Å². The van der Waals surface area contributed by atoms with Crippen molar-refractivity contribution in [2.75, 3.05) is 17.7 Å². The Hall–Kier alpha value is -1.23. The van der Waals surface area contributed by atoms with Gasteiger partial charge in [0.25, 0.3) is 0 Å². The van der Waals surface area contributed by atoms with E-state index in [4.69, 9.17) is 10.5 Å². The zero-order valence-electron chi connectivity index (χ0n) is 12.3. The van der Waals surface area contributed by atoms with E-state index in [2.05, 4.69) is 12.2 Å². The van der Waals surface area contributed by atoms with Gasteiger partial charge in [0.1, 0.15) is 4.88 Å². The largest absolute Gasteiger partial charge is 0.462 e. The molecular weight excluding hydrogens is 272 g/mol. The van der Waals surface area contributed by atoms with Crippen molar-refractivity contribution in [2.45, 2.75) is 52.0 Å². The Kier molecular flexibility index (Phi) is 5.29. The lowest BCUT2D eigenvalue weighted by atomic mass is 10.0. The molecule has 0 saturated heterocycles. The Balaban J connectivity index is 1.99. The van der Waals surface area contributed by atoms with Gasteiger partial charge in [-0.25, -0.2) is 4.79 Å². The average Bonchev–Trinajstić information content (AvgIpc) is 2.64. The monoisotopic (exact) mass is 296 g/mol. The van der Waals surface area contributed by atoms with Gasteiger partial charge in [-0.1, -0.05) is 19.8 Å². The number of thiophene rings is 1. The third-order valence-corrected chi connectivity index (χ3v) is 4.89. The molecule has 2 atom stereocenters. The molecule has 1 saturated carbocycles. The molecule has 2 rings (SSSR count). The van der Waals surface area contributed by atoms with Crippen LogP contribution < -0.4 is 11.1 Å². The Bertz CT molecular complexity index is 459. The van der Waals surface area contributed by atoms with Crippen LogP contribution in [0.4, 0.5) is 10.7 Å². The van der Waals surface area contributed by atoms with Crippen LogP contribution in [0.3, 0.4) is 0 Å². The second-order valence-electron chi connectivity index (χ2n) is 5.57. The number of nitrogens with one attached hydrogen (secondary N) is 1. The van der Waals surface area contributed by atoms with Gasteiger partial charge in [0.2, 0.25) is 0 Å². The first-order valence-electron chi connectivity index (χ1n) is 7.43. The van der Waals surface area contributed by atoms with Crippen LogP contribution in [0.1, 0.15) is 55.6 Å². The van der Waals surface area contributed by atoms with Gasteiger partial charge in [0.05, 0.1) is 17.3 Å². The topological polar surface area (TPSA) is 64.3 Å². The summed E-state index contributed by atoms with van der Waals surface area (Å²) in [4.78, 5) is 12.3. The zero-order chi connectivity index (χ0) is 14.5. The summed E-state index contributed by atoms with van der Waals surface area (Å²) >= 11 is 1.40. The molecule has 1 aliphatic rings. The van der Waals surface area contributed by atoms with Gasteiger partial charge in [-0.3, -0.25) is 0 Å². The minimum atomic E-state index is -0.322. The number of anilines is 2. The van der Waals surface area contributed by atoms with Crippen LogP contribution in [-0.2, 0) is 4.74 Å². The second-order valence-corrected chi connectivity index (χ2v) is 6.62. The molecule has 5 heteroatoms. The van der Waals surface area contributed by atoms with Crippen molar-refractivity contribution in [2.24, 2.45) is 5.92 Å². The van der Waals surface area contributed by atoms with Crippen molar-refractivity contribution in [3.05, 3.63) is 10.9 Å². The summed E-state index contributed by atoms with van der Waals surface area (Å²) in [6.07, 6.45) is 6.23. The lowest BCUT2D eigenvalue weighted by Crippen LogP contribution is -2.17. The third kappa shape index (κ3) is 3.88. The maximum absolute atomic E-state index is 11.7. The number of carbonyl (C=O) groups excluding carboxylic acids is 1. The van der Waals surface area contributed by atoms with Gasteiger partial charge in [0.15, 0.2) is 0 Å². The molecule has 1 aromatic heterocycles. The quantitative estimate of drug-likeness (QED) is 0.653. The number of nitrogens with two attached hydrogens (primary N) is 1. The fourth-order valence-corrected chi connectivity index (χ4v) is 3.62. The van der Waals surface area contributed by atoms with Crippen LogP contribution in [0.25, 0.3) is 0 Å². The number of rotatable bonds is 4. The Labute approximate surface area is 124 Å². The zero-order valence-corrected chi connectivity index (χ0v) is 13.1. The summed E-state index contributed by atoms with van der Waals surface area (Å²) in [5.41, 5.74) is 6.41. The van der Waals surface area contributed by atoms with Gasteiger partial charge in [-0.15, -0.1) is 11.3 Å². The molecule has 1 heterocycles. The summed E-state index contributed by atoms with van der Waals surface area (Å²) in [5.74, 6) is 0.503. The Morgan fingerprint density at radius 3 is 3.00 bits per heavy atom. The van der Waals surface area contributed by atoms with Gasteiger partial charge >= 0.3 is 5.97 Å².